The number of likely N-dealkylation sites (tertiary alicyclic amines) is 1. The van der Waals surface area contributed by atoms with Gasteiger partial charge in [0.15, 0.2) is 5.76 Å². The number of amides is 1. The van der Waals surface area contributed by atoms with Crippen molar-refractivity contribution >= 4 is 40.2 Å². The van der Waals surface area contributed by atoms with Gasteiger partial charge in [-0.05, 0) is 37.1 Å². The molecule has 2 aromatic carbocycles. The van der Waals surface area contributed by atoms with Crippen LogP contribution in [0.5, 0.6) is 0 Å². The van der Waals surface area contributed by atoms with Crippen molar-refractivity contribution in [2.24, 2.45) is 0 Å². The summed E-state index contributed by atoms with van der Waals surface area (Å²) in [4.78, 5) is 40.9. The van der Waals surface area contributed by atoms with E-state index in [1.165, 1.54) is 29.5 Å². The summed E-state index contributed by atoms with van der Waals surface area (Å²) in [6, 6.07) is 14.0. The number of piperidine rings is 1. The third-order valence-corrected chi connectivity index (χ3v) is 7.60. The van der Waals surface area contributed by atoms with Crippen LogP contribution in [0.25, 0.3) is 22.6 Å². The number of benzene rings is 2. The van der Waals surface area contributed by atoms with Crippen LogP contribution in [0, 0.1) is 20.2 Å². The Kier molecular flexibility index (Phi) is 6.72. The zero-order valence-electron chi connectivity index (χ0n) is 19.2. The van der Waals surface area contributed by atoms with Crippen molar-refractivity contribution in [3.63, 3.8) is 0 Å². The lowest BCUT2D eigenvalue weighted by molar-refractivity contribution is -0.384. The number of thiazole rings is 1. The van der Waals surface area contributed by atoms with Crippen LogP contribution in [-0.4, -0.2) is 38.7 Å². The molecule has 0 bridgehead atoms. The van der Waals surface area contributed by atoms with E-state index in [9.17, 15) is 25.0 Å². The van der Waals surface area contributed by atoms with Crippen LogP contribution in [0.3, 0.4) is 0 Å². The monoisotopic (exact) mass is 538 g/mol. The van der Waals surface area contributed by atoms with Crippen molar-refractivity contribution < 1.29 is 19.1 Å². The summed E-state index contributed by atoms with van der Waals surface area (Å²) in [6.45, 7) is 1.01. The fraction of sp³-hybridized carbons (Fsp3) is 0.200. The summed E-state index contributed by atoms with van der Waals surface area (Å²) in [5, 5.41) is 25.4. The standard InChI is InChI=1S/C25H19ClN4O6S/c26-18-6-5-16(13-21(18)30(34)35)19-14-37-24(27-19)15-9-11-28(12-10-15)25(31)23-8-7-22(36-23)17-3-1-2-4-20(17)29(32)33/h1-8,13-15H,9-12H2. The fourth-order valence-electron chi connectivity index (χ4n) is 4.34. The number of hydrogen-bond acceptors (Lipinski definition) is 8. The Morgan fingerprint density at radius 3 is 2.49 bits per heavy atom. The van der Waals surface area contributed by atoms with Crippen LogP contribution in [0.2, 0.25) is 5.02 Å². The van der Waals surface area contributed by atoms with Crippen LogP contribution in [0.15, 0.2) is 64.4 Å². The van der Waals surface area contributed by atoms with Gasteiger partial charge in [-0.25, -0.2) is 4.98 Å². The third-order valence-electron chi connectivity index (χ3n) is 6.27. The number of carbonyl (C=O) groups is 1. The van der Waals surface area contributed by atoms with E-state index in [-0.39, 0.29) is 39.7 Å². The molecule has 0 saturated carbocycles. The Hall–Kier alpha value is -4.09. The van der Waals surface area contributed by atoms with E-state index >= 15 is 0 Å². The topological polar surface area (TPSA) is 133 Å². The molecule has 1 amide bonds. The molecule has 0 aliphatic carbocycles. The molecule has 1 aliphatic rings. The number of halogens is 1. The van der Waals surface area contributed by atoms with Crippen molar-refractivity contribution in [3.05, 3.63) is 96.0 Å². The number of carbonyl (C=O) groups excluding carboxylic acids is 1. The van der Waals surface area contributed by atoms with Gasteiger partial charge in [0.2, 0.25) is 0 Å². The zero-order chi connectivity index (χ0) is 26.1. The molecule has 10 nitrogen and oxygen atoms in total. The predicted molar refractivity (Wildman–Crippen MR) is 138 cm³/mol. The molecule has 12 heteroatoms. The average molecular weight is 539 g/mol. The maximum Gasteiger partial charge on any atom is 0.289 e. The Morgan fingerprint density at radius 2 is 1.76 bits per heavy atom. The van der Waals surface area contributed by atoms with Gasteiger partial charge in [-0.2, -0.15) is 0 Å². The average Bonchev–Trinajstić information content (AvgIpc) is 3.59. The lowest BCUT2D eigenvalue weighted by Gasteiger charge is -2.30. The van der Waals surface area contributed by atoms with Crippen molar-refractivity contribution in [2.45, 2.75) is 18.8 Å². The fourth-order valence-corrected chi connectivity index (χ4v) is 5.53. The van der Waals surface area contributed by atoms with Gasteiger partial charge in [-0.3, -0.25) is 25.0 Å². The number of rotatable bonds is 6. The first-order valence-corrected chi connectivity index (χ1v) is 12.6. The van der Waals surface area contributed by atoms with Crippen molar-refractivity contribution in [1.82, 2.24) is 9.88 Å². The van der Waals surface area contributed by atoms with Crippen LogP contribution < -0.4 is 0 Å². The van der Waals surface area contributed by atoms with Crippen molar-refractivity contribution in [1.29, 1.82) is 0 Å². The number of para-hydroxylation sites is 1. The van der Waals surface area contributed by atoms with Crippen LogP contribution in [0.4, 0.5) is 11.4 Å². The minimum absolute atomic E-state index is 0.0758. The lowest BCUT2D eigenvalue weighted by atomic mass is 9.97. The molecule has 0 atom stereocenters. The molecule has 2 aromatic heterocycles. The first kappa shape index (κ1) is 24.6. The smallest absolute Gasteiger partial charge is 0.289 e. The molecule has 0 N–H and O–H groups in total. The highest BCUT2D eigenvalue weighted by Crippen LogP contribution is 2.36. The molecule has 4 aromatic rings. The van der Waals surface area contributed by atoms with Crippen molar-refractivity contribution in [2.75, 3.05) is 13.1 Å². The normalized spacial score (nSPS) is 14.0. The second-order valence-electron chi connectivity index (χ2n) is 8.50. The number of nitro benzene ring substituents is 2. The summed E-state index contributed by atoms with van der Waals surface area (Å²) in [5.74, 6) is 0.288. The SMILES string of the molecule is O=C(c1ccc(-c2ccccc2[N+](=O)[O-])o1)N1CCC(c2nc(-c3ccc(Cl)c([N+](=O)[O-])c3)cs2)CC1. The highest BCUT2D eigenvalue weighted by Gasteiger charge is 2.29. The number of hydrogen-bond donors (Lipinski definition) is 0. The summed E-state index contributed by atoms with van der Waals surface area (Å²) in [6.07, 6.45) is 1.41. The highest BCUT2D eigenvalue weighted by molar-refractivity contribution is 7.10. The Labute approximate surface area is 219 Å². The first-order chi connectivity index (χ1) is 17.8. The number of furan rings is 1. The lowest BCUT2D eigenvalue weighted by Crippen LogP contribution is -2.37. The van der Waals surface area contributed by atoms with Gasteiger partial charge in [0.25, 0.3) is 17.3 Å². The molecule has 1 aliphatic heterocycles. The Morgan fingerprint density at radius 1 is 1.03 bits per heavy atom. The number of nitrogens with zero attached hydrogens (tertiary/aromatic N) is 4. The maximum atomic E-state index is 13.0. The van der Waals surface area contributed by atoms with E-state index in [1.54, 1.807) is 41.3 Å². The predicted octanol–water partition coefficient (Wildman–Crippen LogP) is 6.56. The van der Waals surface area contributed by atoms with E-state index < -0.39 is 9.85 Å². The van der Waals surface area contributed by atoms with E-state index in [4.69, 9.17) is 21.0 Å². The number of aromatic nitrogens is 1. The molecular weight excluding hydrogens is 520 g/mol. The minimum Gasteiger partial charge on any atom is -0.451 e. The Balaban J connectivity index is 1.25. The molecule has 188 valence electrons. The Bertz CT molecular complexity index is 1510. The summed E-state index contributed by atoms with van der Waals surface area (Å²) in [5.41, 5.74) is 1.34. The molecule has 1 fully saturated rings. The zero-order valence-corrected chi connectivity index (χ0v) is 20.8. The molecule has 5 rings (SSSR count). The molecule has 0 spiro atoms. The second-order valence-corrected chi connectivity index (χ2v) is 9.80. The molecule has 1 saturated heterocycles. The van der Waals surface area contributed by atoms with Crippen LogP contribution in [0.1, 0.15) is 34.3 Å². The largest absolute Gasteiger partial charge is 0.451 e. The summed E-state index contributed by atoms with van der Waals surface area (Å²) >= 11 is 7.40. The van der Waals surface area contributed by atoms with Crippen LogP contribution >= 0.6 is 22.9 Å². The first-order valence-electron chi connectivity index (χ1n) is 11.3. The molecular formula is C25H19ClN4O6S. The highest BCUT2D eigenvalue weighted by atomic mass is 35.5. The molecule has 37 heavy (non-hydrogen) atoms. The second kappa shape index (κ2) is 10.1. The van der Waals surface area contributed by atoms with E-state index in [2.05, 4.69) is 0 Å². The quantitative estimate of drug-likeness (QED) is 0.200. The van der Waals surface area contributed by atoms with E-state index in [1.807, 2.05) is 5.38 Å². The van der Waals surface area contributed by atoms with Crippen molar-refractivity contribution in [3.8, 4) is 22.6 Å². The minimum atomic E-state index is -0.519. The van der Waals surface area contributed by atoms with Gasteiger partial charge >= 0.3 is 0 Å². The van der Waals surface area contributed by atoms with Gasteiger partial charge in [-0.15, -0.1) is 11.3 Å². The maximum absolute atomic E-state index is 13.0. The van der Waals surface area contributed by atoms with E-state index in [0.717, 1.165) is 5.01 Å². The third kappa shape index (κ3) is 4.95. The number of nitro groups is 2. The van der Waals surface area contributed by atoms with Gasteiger partial charge in [-0.1, -0.05) is 29.8 Å². The molecule has 3 heterocycles. The van der Waals surface area contributed by atoms with E-state index in [0.29, 0.717) is 42.8 Å². The summed E-state index contributed by atoms with van der Waals surface area (Å²) < 4.78 is 5.71. The summed E-state index contributed by atoms with van der Waals surface area (Å²) in [7, 11) is 0. The van der Waals surface area contributed by atoms with Gasteiger partial charge in [0.1, 0.15) is 10.8 Å². The molecule has 0 radical (unpaired) electrons. The van der Waals surface area contributed by atoms with Gasteiger partial charge in [0.05, 0.1) is 26.1 Å². The molecule has 0 unspecified atom stereocenters. The van der Waals surface area contributed by atoms with Gasteiger partial charge < -0.3 is 9.32 Å². The van der Waals surface area contributed by atoms with Crippen LogP contribution in [-0.2, 0) is 0 Å². The van der Waals surface area contributed by atoms with Gasteiger partial charge in [0, 0.05) is 42.1 Å².